The van der Waals surface area contributed by atoms with E-state index in [0.717, 1.165) is 25.9 Å². The quantitative estimate of drug-likeness (QED) is 0.759. The summed E-state index contributed by atoms with van der Waals surface area (Å²) in [5.74, 6) is 0.423. The van der Waals surface area contributed by atoms with Crippen molar-refractivity contribution in [2.45, 2.75) is 33.1 Å². The van der Waals surface area contributed by atoms with Gasteiger partial charge in [-0.2, -0.15) is 0 Å². The highest BCUT2D eigenvalue weighted by molar-refractivity contribution is 5.85. The molecule has 0 saturated carbocycles. The molecule has 0 aromatic heterocycles. The number of piperidine rings is 1. The summed E-state index contributed by atoms with van der Waals surface area (Å²) in [5, 5.41) is 3.28. The van der Waals surface area contributed by atoms with Crippen molar-refractivity contribution in [2.75, 3.05) is 26.2 Å². The zero-order valence-corrected chi connectivity index (χ0v) is 12.7. The Morgan fingerprint density at radius 3 is 2.37 bits per heavy atom. The molecule has 2 amide bonds. The Labute approximate surface area is 121 Å². The molecule has 0 spiro atoms. The van der Waals surface area contributed by atoms with Crippen molar-refractivity contribution in [1.82, 2.24) is 10.2 Å². The maximum absolute atomic E-state index is 12.2. The van der Waals surface area contributed by atoms with E-state index in [1.807, 2.05) is 13.8 Å². The van der Waals surface area contributed by atoms with E-state index in [2.05, 4.69) is 5.32 Å². The number of hydrogen-bond donors (Lipinski definition) is 2. The van der Waals surface area contributed by atoms with Gasteiger partial charge in [0.05, 0.1) is 6.54 Å². The molecule has 1 rings (SSSR count). The van der Waals surface area contributed by atoms with E-state index in [4.69, 9.17) is 5.73 Å². The van der Waals surface area contributed by atoms with Crippen molar-refractivity contribution in [1.29, 1.82) is 0 Å². The molecule has 6 heteroatoms. The van der Waals surface area contributed by atoms with E-state index in [0.29, 0.717) is 24.8 Å². The topological polar surface area (TPSA) is 75.4 Å². The van der Waals surface area contributed by atoms with Crippen molar-refractivity contribution in [3.05, 3.63) is 0 Å². The van der Waals surface area contributed by atoms with Crippen LogP contribution in [-0.2, 0) is 9.59 Å². The monoisotopic (exact) mass is 291 g/mol. The average molecular weight is 292 g/mol. The molecule has 19 heavy (non-hydrogen) atoms. The molecule has 0 radical (unpaired) electrons. The molecule has 1 aliphatic rings. The van der Waals surface area contributed by atoms with E-state index < -0.39 is 5.91 Å². The van der Waals surface area contributed by atoms with E-state index in [1.165, 1.54) is 0 Å². The summed E-state index contributed by atoms with van der Waals surface area (Å²) in [4.78, 5) is 24.8. The zero-order chi connectivity index (χ0) is 13.5. The predicted octanol–water partition coefficient (Wildman–Crippen LogP) is 0.768. The van der Waals surface area contributed by atoms with Crippen LogP contribution in [0, 0.1) is 11.8 Å². The van der Waals surface area contributed by atoms with Gasteiger partial charge in [-0.3, -0.25) is 9.59 Å². The van der Waals surface area contributed by atoms with Crippen LogP contribution in [0.15, 0.2) is 0 Å². The summed E-state index contributed by atoms with van der Waals surface area (Å²) in [5.41, 5.74) is 5.20. The van der Waals surface area contributed by atoms with Crippen LogP contribution >= 0.6 is 12.4 Å². The fraction of sp³-hybridized carbons (Fsp3) is 0.846. The van der Waals surface area contributed by atoms with E-state index in [9.17, 15) is 9.59 Å². The molecule has 1 fully saturated rings. The number of hydrogen-bond acceptors (Lipinski definition) is 3. The largest absolute Gasteiger partial charge is 0.368 e. The number of carbonyl (C=O) groups excluding carboxylic acids is 2. The standard InChI is InChI=1S/C13H25N3O2.ClH/c1-10(2)8-16(9-12(14)17)13(18)7-11-3-5-15-6-4-11;/h10-11,15H,3-9H2,1-2H3,(H2,14,17);1H. The molecule has 1 aliphatic heterocycles. The van der Waals surface area contributed by atoms with Crippen LogP contribution in [0.25, 0.3) is 0 Å². The highest BCUT2D eigenvalue weighted by atomic mass is 35.5. The molecular formula is C13H26ClN3O2. The van der Waals surface area contributed by atoms with Crippen LogP contribution in [0.4, 0.5) is 0 Å². The normalized spacial score (nSPS) is 15.9. The van der Waals surface area contributed by atoms with Crippen molar-refractivity contribution in [3.8, 4) is 0 Å². The third-order valence-corrected chi connectivity index (χ3v) is 3.21. The first-order valence-electron chi connectivity index (χ1n) is 6.75. The number of carbonyl (C=O) groups is 2. The van der Waals surface area contributed by atoms with Crippen LogP contribution < -0.4 is 11.1 Å². The molecular weight excluding hydrogens is 266 g/mol. The Bertz CT molecular complexity index is 292. The average Bonchev–Trinajstić information content (AvgIpc) is 2.28. The molecule has 0 bridgehead atoms. The van der Waals surface area contributed by atoms with Crippen molar-refractivity contribution >= 4 is 24.2 Å². The molecule has 0 aromatic carbocycles. The second-order valence-corrected chi connectivity index (χ2v) is 5.53. The van der Waals surface area contributed by atoms with Gasteiger partial charge in [0.2, 0.25) is 11.8 Å². The van der Waals surface area contributed by atoms with Gasteiger partial charge in [0.15, 0.2) is 0 Å². The maximum Gasteiger partial charge on any atom is 0.237 e. The van der Waals surface area contributed by atoms with Gasteiger partial charge in [-0.25, -0.2) is 0 Å². The Morgan fingerprint density at radius 1 is 1.32 bits per heavy atom. The van der Waals surface area contributed by atoms with Crippen molar-refractivity contribution in [2.24, 2.45) is 17.6 Å². The summed E-state index contributed by atoms with van der Waals surface area (Å²) in [6.45, 7) is 6.68. The van der Waals surface area contributed by atoms with Gasteiger partial charge < -0.3 is 16.0 Å². The van der Waals surface area contributed by atoms with E-state index >= 15 is 0 Å². The summed E-state index contributed by atoms with van der Waals surface area (Å²) in [7, 11) is 0. The van der Waals surface area contributed by atoms with Crippen LogP contribution in [-0.4, -0.2) is 42.9 Å². The van der Waals surface area contributed by atoms with Gasteiger partial charge >= 0.3 is 0 Å². The van der Waals surface area contributed by atoms with Gasteiger partial charge in [-0.15, -0.1) is 12.4 Å². The third-order valence-electron chi connectivity index (χ3n) is 3.21. The van der Waals surface area contributed by atoms with Crippen molar-refractivity contribution in [3.63, 3.8) is 0 Å². The summed E-state index contributed by atoms with van der Waals surface area (Å²) in [6.07, 6.45) is 2.62. The highest BCUT2D eigenvalue weighted by Crippen LogP contribution is 2.17. The molecule has 0 aliphatic carbocycles. The number of nitrogens with one attached hydrogen (secondary N) is 1. The van der Waals surface area contributed by atoms with E-state index in [-0.39, 0.29) is 24.9 Å². The number of nitrogens with two attached hydrogens (primary N) is 1. The smallest absolute Gasteiger partial charge is 0.237 e. The van der Waals surface area contributed by atoms with Gasteiger partial charge in [0, 0.05) is 13.0 Å². The first kappa shape index (κ1) is 18.2. The Kier molecular flexibility index (Phi) is 8.76. The van der Waals surface area contributed by atoms with Gasteiger partial charge in [0.25, 0.3) is 0 Å². The molecule has 1 heterocycles. The number of amides is 2. The van der Waals surface area contributed by atoms with E-state index in [1.54, 1.807) is 4.90 Å². The second-order valence-electron chi connectivity index (χ2n) is 5.53. The number of nitrogens with zero attached hydrogens (tertiary/aromatic N) is 1. The SMILES string of the molecule is CC(C)CN(CC(N)=O)C(=O)CC1CCNCC1.Cl. The molecule has 1 saturated heterocycles. The lowest BCUT2D eigenvalue weighted by atomic mass is 9.94. The lowest BCUT2D eigenvalue weighted by molar-refractivity contribution is -0.136. The predicted molar refractivity (Wildman–Crippen MR) is 78.1 cm³/mol. The first-order chi connectivity index (χ1) is 8.49. The van der Waals surface area contributed by atoms with Crippen LogP contribution in [0.3, 0.4) is 0 Å². The minimum absolute atomic E-state index is 0. The number of primary amides is 1. The molecule has 0 atom stereocenters. The number of rotatable bonds is 6. The maximum atomic E-state index is 12.2. The van der Waals surface area contributed by atoms with Crippen molar-refractivity contribution < 1.29 is 9.59 Å². The number of halogens is 1. The van der Waals surface area contributed by atoms with Gasteiger partial charge in [-0.1, -0.05) is 13.8 Å². The van der Waals surface area contributed by atoms with Crippen LogP contribution in [0.5, 0.6) is 0 Å². The fourth-order valence-corrected chi connectivity index (χ4v) is 2.35. The summed E-state index contributed by atoms with van der Waals surface area (Å²) in [6, 6.07) is 0. The van der Waals surface area contributed by atoms with Gasteiger partial charge in [0.1, 0.15) is 0 Å². The minimum Gasteiger partial charge on any atom is -0.368 e. The highest BCUT2D eigenvalue weighted by Gasteiger charge is 2.22. The van der Waals surface area contributed by atoms with Gasteiger partial charge in [-0.05, 0) is 37.8 Å². The zero-order valence-electron chi connectivity index (χ0n) is 11.9. The Balaban J connectivity index is 0.00000324. The lowest BCUT2D eigenvalue weighted by Gasteiger charge is -2.27. The molecule has 0 aromatic rings. The third kappa shape index (κ3) is 7.38. The summed E-state index contributed by atoms with van der Waals surface area (Å²) < 4.78 is 0. The molecule has 0 unspecified atom stereocenters. The molecule has 3 N–H and O–H groups in total. The first-order valence-corrected chi connectivity index (χ1v) is 6.75. The summed E-state index contributed by atoms with van der Waals surface area (Å²) >= 11 is 0. The Hall–Kier alpha value is -0.810. The lowest BCUT2D eigenvalue weighted by Crippen LogP contribution is -2.42. The van der Waals surface area contributed by atoms with Crippen LogP contribution in [0.2, 0.25) is 0 Å². The minimum atomic E-state index is -0.436. The molecule has 112 valence electrons. The molecule has 5 nitrogen and oxygen atoms in total. The van der Waals surface area contributed by atoms with Crippen LogP contribution in [0.1, 0.15) is 33.1 Å². The second kappa shape index (κ2) is 9.15. The fourth-order valence-electron chi connectivity index (χ4n) is 2.35. The Morgan fingerprint density at radius 2 is 1.89 bits per heavy atom.